The van der Waals surface area contributed by atoms with Crippen LogP contribution in [0.5, 0.6) is 5.75 Å². The molecule has 4 aromatic rings. The Bertz CT molecular complexity index is 1410. The minimum atomic E-state index is -0.304. The van der Waals surface area contributed by atoms with Gasteiger partial charge >= 0.3 is 0 Å². The number of rotatable bonds is 7. The molecule has 0 aliphatic heterocycles. The number of nitrogens with one attached hydrogen (secondary N) is 1. The van der Waals surface area contributed by atoms with Crippen LogP contribution in [-0.4, -0.2) is 23.1 Å². The van der Waals surface area contributed by atoms with Crippen molar-refractivity contribution in [1.82, 2.24) is 9.88 Å². The van der Waals surface area contributed by atoms with Gasteiger partial charge in [0.05, 0.1) is 17.7 Å². The molecule has 1 spiro atoms. The Morgan fingerprint density at radius 1 is 1.06 bits per heavy atom. The number of halogens is 1. The normalized spacial score (nSPS) is 16.5. The van der Waals surface area contributed by atoms with E-state index in [-0.39, 0.29) is 17.8 Å². The predicted octanol–water partition coefficient (Wildman–Crippen LogP) is 6.96. The molecule has 1 amide bonds. The second-order valence-electron chi connectivity index (χ2n) is 10.4. The molecule has 6 rings (SSSR count). The topological polar surface area (TPSA) is 43.3 Å². The van der Waals surface area contributed by atoms with Crippen molar-refractivity contribution in [3.8, 4) is 16.9 Å². The van der Waals surface area contributed by atoms with E-state index in [1.165, 1.54) is 25.3 Å². The monoisotopic (exact) mass is 482 g/mol. The molecule has 5 heteroatoms. The first-order valence-electron chi connectivity index (χ1n) is 12.9. The first-order chi connectivity index (χ1) is 17.5. The molecule has 0 atom stereocenters. The third-order valence-corrected chi connectivity index (χ3v) is 8.01. The Kier molecular flexibility index (Phi) is 5.79. The molecule has 2 saturated carbocycles. The molecule has 1 aromatic heterocycles. The lowest BCUT2D eigenvalue weighted by Gasteiger charge is -2.54. The first-order valence-corrected chi connectivity index (χ1v) is 12.9. The SMILES string of the molecule is CCOc1cccc(-c2ccc(Cn3ccc4c(F)ccc(C(=O)NC5CC6(CCC6)C5)c43)cc2)c1. The quantitative estimate of drug-likeness (QED) is 0.310. The van der Waals surface area contributed by atoms with Crippen LogP contribution in [0.1, 0.15) is 54.9 Å². The van der Waals surface area contributed by atoms with Crippen molar-refractivity contribution in [2.75, 3.05) is 6.61 Å². The highest BCUT2D eigenvalue weighted by Crippen LogP contribution is 2.55. The Morgan fingerprint density at radius 2 is 1.86 bits per heavy atom. The Hall–Kier alpha value is -3.60. The molecule has 1 N–H and O–H groups in total. The summed E-state index contributed by atoms with van der Waals surface area (Å²) in [6, 6.07) is 21.4. The van der Waals surface area contributed by atoms with E-state index in [2.05, 4.69) is 35.6 Å². The average Bonchev–Trinajstić information content (AvgIpc) is 3.25. The number of fused-ring (bicyclic) bond motifs is 1. The van der Waals surface area contributed by atoms with Crippen LogP contribution < -0.4 is 10.1 Å². The van der Waals surface area contributed by atoms with Gasteiger partial charge < -0.3 is 14.6 Å². The number of ether oxygens (including phenoxy) is 1. The van der Waals surface area contributed by atoms with Crippen LogP contribution >= 0.6 is 0 Å². The molecule has 0 bridgehead atoms. The molecule has 0 radical (unpaired) electrons. The van der Waals surface area contributed by atoms with Crippen molar-refractivity contribution >= 4 is 16.8 Å². The highest BCUT2D eigenvalue weighted by molar-refractivity contribution is 6.06. The second kappa shape index (κ2) is 9.12. The molecule has 2 aliphatic carbocycles. The van der Waals surface area contributed by atoms with Crippen LogP contribution in [0.4, 0.5) is 4.39 Å². The largest absolute Gasteiger partial charge is 0.494 e. The Balaban J connectivity index is 1.23. The summed E-state index contributed by atoms with van der Waals surface area (Å²) >= 11 is 0. The number of amides is 1. The summed E-state index contributed by atoms with van der Waals surface area (Å²) < 4.78 is 22.3. The number of carbonyl (C=O) groups excluding carboxylic acids is 1. The summed E-state index contributed by atoms with van der Waals surface area (Å²) in [5, 5.41) is 3.69. The smallest absolute Gasteiger partial charge is 0.253 e. The highest BCUT2D eigenvalue weighted by atomic mass is 19.1. The summed E-state index contributed by atoms with van der Waals surface area (Å²) in [5.74, 6) is 0.445. The van der Waals surface area contributed by atoms with Crippen LogP contribution in [0, 0.1) is 11.2 Å². The van der Waals surface area contributed by atoms with Gasteiger partial charge in [0, 0.05) is 24.2 Å². The van der Waals surface area contributed by atoms with Gasteiger partial charge in [0.15, 0.2) is 0 Å². The lowest BCUT2D eigenvalue weighted by Crippen LogP contribution is -2.53. The lowest BCUT2D eigenvalue weighted by molar-refractivity contribution is -0.000603. The van der Waals surface area contributed by atoms with Crippen LogP contribution in [0.2, 0.25) is 0 Å². The summed E-state index contributed by atoms with van der Waals surface area (Å²) in [7, 11) is 0. The van der Waals surface area contributed by atoms with Gasteiger partial charge in [-0.15, -0.1) is 0 Å². The van der Waals surface area contributed by atoms with Gasteiger partial charge in [-0.05, 0) is 85.0 Å². The van der Waals surface area contributed by atoms with E-state index in [4.69, 9.17) is 4.74 Å². The fourth-order valence-electron chi connectivity index (χ4n) is 5.97. The van der Waals surface area contributed by atoms with Gasteiger partial charge in [-0.25, -0.2) is 4.39 Å². The summed E-state index contributed by atoms with van der Waals surface area (Å²) in [6.45, 7) is 3.17. The molecule has 36 heavy (non-hydrogen) atoms. The molecular formula is C31H31FN2O2. The van der Waals surface area contributed by atoms with E-state index in [0.29, 0.717) is 35.0 Å². The molecule has 0 saturated heterocycles. The Labute approximate surface area is 211 Å². The zero-order valence-corrected chi connectivity index (χ0v) is 20.6. The van der Waals surface area contributed by atoms with E-state index in [1.54, 1.807) is 12.1 Å². The van der Waals surface area contributed by atoms with E-state index in [9.17, 15) is 9.18 Å². The first kappa shape index (κ1) is 22.8. The minimum Gasteiger partial charge on any atom is -0.494 e. The van der Waals surface area contributed by atoms with Gasteiger partial charge in [-0.2, -0.15) is 0 Å². The third-order valence-electron chi connectivity index (χ3n) is 8.01. The van der Waals surface area contributed by atoms with Crippen LogP contribution in [0.15, 0.2) is 72.9 Å². The average molecular weight is 483 g/mol. The van der Waals surface area contributed by atoms with Crippen molar-refractivity contribution in [3.63, 3.8) is 0 Å². The summed E-state index contributed by atoms with van der Waals surface area (Å²) in [4.78, 5) is 13.2. The molecule has 4 nitrogen and oxygen atoms in total. The second-order valence-corrected chi connectivity index (χ2v) is 10.4. The van der Waals surface area contributed by atoms with Gasteiger partial charge in [0.25, 0.3) is 5.91 Å². The van der Waals surface area contributed by atoms with Gasteiger partial charge in [-0.1, -0.05) is 42.8 Å². The standard InChI is InChI=1S/C31H31FN2O2/c1-2-36-25-6-3-5-23(17-25)22-9-7-21(8-10-22)20-34-16-13-26-28(32)12-11-27(29(26)34)30(35)33-24-18-31(19-24)14-4-15-31/h3,5-13,16-17,24H,2,4,14-15,18-20H2,1H3,(H,33,35). The fraction of sp³-hybridized carbons (Fsp3) is 0.323. The van der Waals surface area contributed by atoms with Crippen molar-refractivity contribution in [1.29, 1.82) is 0 Å². The van der Waals surface area contributed by atoms with E-state index in [0.717, 1.165) is 35.3 Å². The van der Waals surface area contributed by atoms with Crippen LogP contribution in [-0.2, 0) is 6.54 Å². The molecule has 0 unspecified atom stereocenters. The maximum atomic E-state index is 14.6. The van der Waals surface area contributed by atoms with Crippen LogP contribution in [0.3, 0.4) is 0 Å². The number of carbonyl (C=O) groups is 1. The molecule has 3 aromatic carbocycles. The van der Waals surface area contributed by atoms with E-state index >= 15 is 0 Å². The summed E-state index contributed by atoms with van der Waals surface area (Å²) in [6.07, 6.45) is 7.91. The fourth-order valence-corrected chi connectivity index (χ4v) is 5.97. The molecule has 184 valence electrons. The zero-order chi connectivity index (χ0) is 24.7. The summed E-state index contributed by atoms with van der Waals surface area (Å²) in [5.41, 5.74) is 4.97. The van der Waals surface area contributed by atoms with Crippen molar-refractivity contribution in [3.05, 3.63) is 89.9 Å². The van der Waals surface area contributed by atoms with Crippen molar-refractivity contribution in [2.45, 2.75) is 51.6 Å². The maximum Gasteiger partial charge on any atom is 0.253 e. The predicted molar refractivity (Wildman–Crippen MR) is 141 cm³/mol. The van der Waals surface area contributed by atoms with E-state index in [1.807, 2.05) is 35.9 Å². The third kappa shape index (κ3) is 4.17. The minimum absolute atomic E-state index is 0.108. The Morgan fingerprint density at radius 3 is 2.58 bits per heavy atom. The van der Waals surface area contributed by atoms with Crippen LogP contribution in [0.25, 0.3) is 22.0 Å². The van der Waals surface area contributed by atoms with Gasteiger partial charge in [0.1, 0.15) is 11.6 Å². The molecule has 1 heterocycles. The number of nitrogens with zero attached hydrogens (tertiary/aromatic N) is 1. The molecule has 2 aliphatic rings. The number of hydrogen-bond acceptors (Lipinski definition) is 2. The molecule has 2 fully saturated rings. The van der Waals surface area contributed by atoms with Crippen molar-refractivity contribution in [2.24, 2.45) is 5.41 Å². The maximum absolute atomic E-state index is 14.6. The number of hydrogen-bond donors (Lipinski definition) is 1. The van der Waals surface area contributed by atoms with E-state index < -0.39 is 0 Å². The molecular weight excluding hydrogens is 451 g/mol. The van der Waals surface area contributed by atoms with Gasteiger partial charge in [0.2, 0.25) is 0 Å². The highest BCUT2D eigenvalue weighted by Gasteiger charge is 2.48. The lowest BCUT2D eigenvalue weighted by atomic mass is 9.54. The zero-order valence-electron chi connectivity index (χ0n) is 20.6. The number of benzene rings is 3. The number of aromatic nitrogens is 1. The van der Waals surface area contributed by atoms with Gasteiger partial charge in [-0.3, -0.25) is 4.79 Å². The van der Waals surface area contributed by atoms with Crippen molar-refractivity contribution < 1.29 is 13.9 Å².